The van der Waals surface area contributed by atoms with Crippen molar-refractivity contribution in [1.82, 2.24) is 0 Å². The van der Waals surface area contributed by atoms with Crippen LogP contribution in [0.1, 0.15) is 0 Å². The van der Waals surface area contributed by atoms with Crippen molar-refractivity contribution in [3.05, 3.63) is 54.6 Å². The molecule has 0 amide bonds. The number of hydrogen-bond donors (Lipinski definition) is 0. The lowest BCUT2D eigenvalue weighted by Gasteiger charge is -2.15. The molecule has 92 valence electrons. The monoisotopic (exact) mass is 262 g/mol. The second-order valence-corrected chi connectivity index (χ2v) is 7.61. The van der Waals surface area contributed by atoms with E-state index in [0.29, 0.717) is 0 Å². The van der Waals surface area contributed by atoms with Crippen LogP contribution in [-0.2, 0) is 0 Å². The van der Waals surface area contributed by atoms with Crippen molar-refractivity contribution in [2.24, 2.45) is 0 Å². The average Bonchev–Trinajstić information content (AvgIpc) is 2.44. The smallest absolute Gasteiger partial charge is 0.00204 e. The third-order valence-corrected chi connectivity index (χ3v) is 5.34. The highest BCUT2D eigenvalue weighted by Crippen LogP contribution is 2.37. The molecule has 0 saturated heterocycles. The van der Waals surface area contributed by atoms with E-state index in [1.165, 1.54) is 37.6 Å². The summed E-state index contributed by atoms with van der Waals surface area (Å²) >= 11 is 0. The summed E-state index contributed by atoms with van der Waals surface area (Å²) in [5, 5.41) is 9.90. The van der Waals surface area contributed by atoms with Gasteiger partial charge in [-0.25, -0.2) is 0 Å². The molecule has 0 radical (unpaired) electrons. The summed E-state index contributed by atoms with van der Waals surface area (Å²) in [4.78, 5) is 0. The Morgan fingerprint density at radius 1 is 0.632 bits per heavy atom. The summed E-state index contributed by atoms with van der Waals surface area (Å²) in [6, 6.07) is 20.2. The van der Waals surface area contributed by atoms with Crippen LogP contribution < -0.4 is 5.30 Å². The van der Waals surface area contributed by atoms with Crippen molar-refractivity contribution in [2.75, 3.05) is 13.3 Å². The second kappa shape index (κ2) is 3.92. The van der Waals surface area contributed by atoms with Crippen LogP contribution in [0.5, 0.6) is 0 Å². The molecule has 0 unspecified atom stereocenters. The van der Waals surface area contributed by atoms with Crippen LogP contribution in [0.25, 0.3) is 32.3 Å². The van der Waals surface area contributed by atoms with E-state index in [-0.39, 0.29) is 7.92 Å². The molecular formula is C18H15P. The lowest BCUT2D eigenvalue weighted by Crippen LogP contribution is -2.01. The van der Waals surface area contributed by atoms with Gasteiger partial charge in [0.15, 0.2) is 0 Å². The first-order valence-corrected chi connectivity index (χ1v) is 8.83. The Morgan fingerprint density at radius 3 is 1.89 bits per heavy atom. The SMILES string of the molecule is CP(C)c1ccc2ccc3cccc4ccc1c2c34. The Kier molecular flexibility index (Phi) is 2.31. The van der Waals surface area contributed by atoms with Crippen molar-refractivity contribution in [3.63, 3.8) is 0 Å². The predicted molar refractivity (Wildman–Crippen MR) is 88.5 cm³/mol. The number of rotatable bonds is 1. The molecule has 0 saturated carbocycles. The first-order chi connectivity index (χ1) is 9.25. The van der Waals surface area contributed by atoms with Gasteiger partial charge in [-0.2, -0.15) is 0 Å². The Morgan fingerprint density at radius 2 is 1.21 bits per heavy atom. The second-order valence-electron chi connectivity index (χ2n) is 5.34. The molecule has 4 rings (SSSR count). The zero-order valence-corrected chi connectivity index (χ0v) is 12.0. The summed E-state index contributed by atoms with van der Waals surface area (Å²) in [5.41, 5.74) is 0. The van der Waals surface area contributed by atoms with Gasteiger partial charge in [0.1, 0.15) is 0 Å². The first-order valence-electron chi connectivity index (χ1n) is 6.59. The van der Waals surface area contributed by atoms with Crippen molar-refractivity contribution < 1.29 is 0 Å². The maximum atomic E-state index is 2.33. The number of hydrogen-bond acceptors (Lipinski definition) is 0. The van der Waals surface area contributed by atoms with Crippen LogP contribution in [0.15, 0.2) is 54.6 Å². The first kappa shape index (κ1) is 11.2. The fourth-order valence-electron chi connectivity index (χ4n) is 3.11. The van der Waals surface area contributed by atoms with Crippen LogP contribution in [0.2, 0.25) is 0 Å². The van der Waals surface area contributed by atoms with Gasteiger partial charge in [0.05, 0.1) is 0 Å². The normalized spacial score (nSPS) is 12.2. The topological polar surface area (TPSA) is 0 Å². The lowest BCUT2D eigenvalue weighted by molar-refractivity contribution is 1.80. The largest absolute Gasteiger partial charge is 0.0810 e. The molecule has 0 aliphatic rings. The van der Waals surface area contributed by atoms with Crippen LogP contribution in [0.3, 0.4) is 0 Å². The number of benzene rings is 4. The standard InChI is InChI=1S/C18H15P/c1-19(2)16-11-9-14-7-6-12-4-3-5-13-8-10-15(16)18(14)17(12)13/h3-11H,1-2H3. The highest BCUT2D eigenvalue weighted by molar-refractivity contribution is 7.64. The maximum Gasteiger partial charge on any atom is -0.00204 e. The van der Waals surface area contributed by atoms with Gasteiger partial charge in [-0.05, 0) is 51.0 Å². The van der Waals surface area contributed by atoms with Crippen LogP contribution >= 0.6 is 7.92 Å². The summed E-state index contributed by atoms with van der Waals surface area (Å²) in [7, 11) is -0.0728. The van der Waals surface area contributed by atoms with E-state index in [4.69, 9.17) is 0 Å². The van der Waals surface area contributed by atoms with Gasteiger partial charge in [-0.15, -0.1) is 0 Å². The van der Waals surface area contributed by atoms with E-state index in [1.54, 1.807) is 0 Å². The molecule has 0 fully saturated rings. The molecule has 0 aromatic heterocycles. The Balaban J connectivity index is 2.35. The molecule has 4 aromatic rings. The van der Waals surface area contributed by atoms with Crippen molar-refractivity contribution in [3.8, 4) is 0 Å². The summed E-state index contributed by atoms with van der Waals surface area (Å²) in [6.07, 6.45) is 0. The van der Waals surface area contributed by atoms with Gasteiger partial charge in [0.25, 0.3) is 0 Å². The van der Waals surface area contributed by atoms with Gasteiger partial charge in [-0.3, -0.25) is 0 Å². The molecule has 19 heavy (non-hydrogen) atoms. The van der Waals surface area contributed by atoms with Gasteiger partial charge < -0.3 is 0 Å². The molecular weight excluding hydrogens is 247 g/mol. The van der Waals surface area contributed by atoms with E-state index in [2.05, 4.69) is 67.9 Å². The third kappa shape index (κ3) is 1.50. The van der Waals surface area contributed by atoms with Crippen molar-refractivity contribution in [1.29, 1.82) is 0 Å². The minimum absolute atomic E-state index is 0.0728. The van der Waals surface area contributed by atoms with Gasteiger partial charge in [0, 0.05) is 0 Å². The van der Waals surface area contributed by atoms with Crippen LogP contribution in [-0.4, -0.2) is 13.3 Å². The fourth-order valence-corrected chi connectivity index (χ4v) is 4.15. The zero-order valence-electron chi connectivity index (χ0n) is 11.1. The Bertz CT molecular complexity index is 874. The summed E-state index contributed by atoms with van der Waals surface area (Å²) < 4.78 is 0. The fraction of sp³-hybridized carbons (Fsp3) is 0.111. The van der Waals surface area contributed by atoms with E-state index in [1.807, 2.05) is 0 Å². The molecule has 4 aromatic carbocycles. The Hall–Kier alpha value is -1.65. The van der Waals surface area contributed by atoms with Gasteiger partial charge in [-0.1, -0.05) is 62.5 Å². The minimum atomic E-state index is -0.0728. The molecule has 0 N–H and O–H groups in total. The summed E-state index contributed by atoms with van der Waals surface area (Å²) in [6.45, 7) is 4.67. The quantitative estimate of drug-likeness (QED) is 0.336. The minimum Gasteiger partial charge on any atom is -0.0810 e. The van der Waals surface area contributed by atoms with E-state index in [9.17, 15) is 0 Å². The van der Waals surface area contributed by atoms with E-state index in [0.717, 1.165) is 0 Å². The molecule has 0 aliphatic heterocycles. The van der Waals surface area contributed by atoms with Crippen LogP contribution in [0.4, 0.5) is 0 Å². The summed E-state index contributed by atoms with van der Waals surface area (Å²) in [5.74, 6) is 0. The highest BCUT2D eigenvalue weighted by atomic mass is 31.1. The van der Waals surface area contributed by atoms with Crippen molar-refractivity contribution >= 4 is 45.5 Å². The lowest BCUT2D eigenvalue weighted by atomic mass is 9.94. The molecule has 1 heteroatoms. The van der Waals surface area contributed by atoms with E-state index < -0.39 is 0 Å². The molecule has 0 bridgehead atoms. The zero-order chi connectivity index (χ0) is 13.0. The van der Waals surface area contributed by atoms with Gasteiger partial charge in [0.2, 0.25) is 0 Å². The maximum absolute atomic E-state index is 2.33. The molecule has 0 spiro atoms. The highest BCUT2D eigenvalue weighted by Gasteiger charge is 2.11. The average molecular weight is 262 g/mol. The van der Waals surface area contributed by atoms with Gasteiger partial charge >= 0.3 is 0 Å². The molecule has 0 heterocycles. The predicted octanol–water partition coefficient (Wildman–Crippen LogP) is 4.95. The Labute approximate surface area is 114 Å². The molecule has 0 aliphatic carbocycles. The van der Waals surface area contributed by atoms with Crippen molar-refractivity contribution in [2.45, 2.75) is 0 Å². The third-order valence-electron chi connectivity index (χ3n) is 3.99. The van der Waals surface area contributed by atoms with E-state index >= 15 is 0 Å². The molecule has 0 atom stereocenters. The van der Waals surface area contributed by atoms with Crippen LogP contribution in [0, 0.1) is 0 Å². The molecule has 0 nitrogen and oxygen atoms in total.